The fourth-order valence-corrected chi connectivity index (χ4v) is 6.70. The van der Waals surface area contributed by atoms with Crippen molar-refractivity contribution in [2.45, 2.75) is 207 Å². The summed E-state index contributed by atoms with van der Waals surface area (Å²) in [7, 11) is 0. The summed E-state index contributed by atoms with van der Waals surface area (Å²) in [5, 5.41) is 0. The van der Waals surface area contributed by atoms with E-state index >= 15 is 0 Å². The molecule has 0 atom stereocenters. The van der Waals surface area contributed by atoms with Gasteiger partial charge in [-0.15, -0.1) is 0 Å². The second-order valence-electron chi connectivity index (χ2n) is 13.6. The molecule has 43 heavy (non-hydrogen) atoms. The lowest BCUT2D eigenvalue weighted by Crippen LogP contribution is -2.37. The third-order valence-corrected chi connectivity index (χ3v) is 9.55. The number of hydrogen-bond acceptors (Lipinski definition) is 0. The predicted molar refractivity (Wildman–Crippen MR) is 190 cm³/mol. The van der Waals surface area contributed by atoms with E-state index < -0.39 is 0 Å². The van der Waals surface area contributed by atoms with Crippen LogP contribution in [-0.4, -0.2) is 4.57 Å². The number of para-hydroxylation sites is 1. The van der Waals surface area contributed by atoms with Crippen LogP contribution in [0.15, 0.2) is 42.7 Å². The summed E-state index contributed by atoms with van der Waals surface area (Å²) in [6.45, 7) is 5.78. The summed E-state index contributed by atoms with van der Waals surface area (Å²) in [5.74, 6) is 1.50. The number of benzene rings is 1. The molecule has 0 bridgehead atoms. The number of nitrogens with zero attached hydrogens (tertiary/aromatic N) is 2. The van der Waals surface area contributed by atoms with Gasteiger partial charge in [-0.05, 0) is 31.4 Å². The second kappa shape index (κ2) is 27.9. The Morgan fingerprint density at radius 2 is 0.814 bits per heavy atom. The van der Waals surface area contributed by atoms with Crippen LogP contribution in [-0.2, 0) is 13.0 Å². The van der Waals surface area contributed by atoms with Crippen LogP contribution in [0.5, 0.6) is 0 Å². The molecule has 1 aromatic heterocycles. The molecule has 0 aliphatic rings. The first kappa shape index (κ1) is 37.6. The molecule has 0 saturated carbocycles. The van der Waals surface area contributed by atoms with E-state index in [4.69, 9.17) is 0 Å². The Labute approximate surface area is 269 Å². The molecule has 0 N–H and O–H groups in total. The van der Waals surface area contributed by atoms with Gasteiger partial charge >= 0.3 is 0 Å². The Bertz CT molecular complexity index is 839. The van der Waals surface area contributed by atoms with Crippen molar-refractivity contribution in [2.24, 2.45) is 0 Å². The highest BCUT2D eigenvalue weighted by Crippen LogP contribution is 2.16. The van der Waals surface area contributed by atoms with Gasteiger partial charge in [-0.25, -0.2) is 4.57 Å². The van der Waals surface area contributed by atoms with Gasteiger partial charge in [0.25, 0.3) is 5.82 Å². The minimum Gasteiger partial charge on any atom is -0.234 e. The molecule has 0 spiro atoms. The zero-order valence-corrected chi connectivity index (χ0v) is 29.1. The molecule has 1 heterocycles. The van der Waals surface area contributed by atoms with Crippen molar-refractivity contribution < 1.29 is 4.57 Å². The van der Waals surface area contributed by atoms with Crippen molar-refractivity contribution in [2.75, 3.05) is 0 Å². The highest BCUT2D eigenvalue weighted by molar-refractivity contribution is 5.31. The fraction of sp³-hybridized carbons (Fsp3) is 0.780. The van der Waals surface area contributed by atoms with Gasteiger partial charge in [-0.2, -0.15) is 4.57 Å². The smallest absolute Gasteiger partial charge is 0.234 e. The molecule has 1 aromatic carbocycles. The fourth-order valence-electron chi connectivity index (χ4n) is 6.70. The molecule has 0 unspecified atom stereocenters. The summed E-state index contributed by atoms with van der Waals surface area (Å²) < 4.78 is 5.01. The summed E-state index contributed by atoms with van der Waals surface area (Å²) in [5.41, 5.74) is 1.31. The molecule has 2 nitrogen and oxygen atoms in total. The Morgan fingerprint density at radius 1 is 0.442 bits per heavy atom. The van der Waals surface area contributed by atoms with E-state index in [2.05, 4.69) is 65.7 Å². The Morgan fingerprint density at radius 3 is 1.23 bits per heavy atom. The SMILES string of the molecule is CCCCCCCCCCCCCCCCCCC[n+]1ccn(-c2ccccc2)c1CCCCCCCCCCCCC. The molecule has 0 fully saturated rings. The summed E-state index contributed by atoms with van der Waals surface area (Å²) in [6.07, 6.45) is 45.8. The number of rotatable bonds is 31. The molecule has 0 saturated heterocycles. The van der Waals surface area contributed by atoms with E-state index in [1.807, 2.05) is 0 Å². The van der Waals surface area contributed by atoms with E-state index in [9.17, 15) is 0 Å². The molecule has 0 aliphatic heterocycles. The topological polar surface area (TPSA) is 8.81 Å². The van der Waals surface area contributed by atoms with E-state index in [0.717, 1.165) is 0 Å². The van der Waals surface area contributed by atoms with Crippen LogP contribution in [0.1, 0.15) is 199 Å². The van der Waals surface area contributed by atoms with Gasteiger partial charge in [0.1, 0.15) is 18.1 Å². The van der Waals surface area contributed by atoms with Gasteiger partial charge in [-0.3, -0.25) is 0 Å². The molecule has 0 amide bonds. The zero-order valence-electron chi connectivity index (χ0n) is 29.1. The lowest BCUT2D eigenvalue weighted by molar-refractivity contribution is -0.704. The van der Waals surface area contributed by atoms with Crippen LogP contribution in [0.2, 0.25) is 0 Å². The van der Waals surface area contributed by atoms with Gasteiger partial charge in [0, 0.05) is 6.42 Å². The first-order valence-corrected chi connectivity index (χ1v) is 19.5. The Hall–Kier alpha value is -1.57. The summed E-state index contributed by atoms with van der Waals surface area (Å²) >= 11 is 0. The average molecular weight is 594 g/mol. The predicted octanol–water partition coefficient (Wildman–Crippen LogP) is 13.3. The lowest BCUT2D eigenvalue weighted by Gasteiger charge is -2.07. The minimum absolute atomic E-state index is 1.17. The van der Waals surface area contributed by atoms with Crippen molar-refractivity contribution >= 4 is 0 Å². The third kappa shape index (κ3) is 19.4. The quantitative estimate of drug-likeness (QED) is 0.0607. The van der Waals surface area contributed by atoms with Gasteiger partial charge in [0.15, 0.2) is 0 Å². The van der Waals surface area contributed by atoms with Gasteiger partial charge in [0.2, 0.25) is 0 Å². The summed E-state index contributed by atoms with van der Waals surface area (Å²) in [6, 6.07) is 11.0. The maximum atomic E-state index is 2.56. The van der Waals surface area contributed by atoms with Crippen LogP contribution in [0.3, 0.4) is 0 Å². The first-order valence-electron chi connectivity index (χ1n) is 19.5. The number of unbranched alkanes of at least 4 members (excludes halogenated alkanes) is 26. The molecule has 2 rings (SSSR count). The normalized spacial score (nSPS) is 11.5. The van der Waals surface area contributed by atoms with E-state index in [-0.39, 0.29) is 0 Å². The maximum absolute atomic E-state index is 2.56. The minimum atomic E-state index is 1.17. The van der Waals surface area contributed by atoms with Gasteiger partial charge in [0.05, 0.1) is 6.54 Å². The number of aryl methyl sites for hydroxylation is 1. The number of imidazole rings is 1. The highest BCUT2D eigenvalue weighted by atomic mass is 15.1. The van der Waals surface area contributed by atoms with Crippen LogP contribution < -0.4 is 4.57 Å². The standard InChI is InChI=1S/C41H73N2/c1-3-5-7-9-11-13-15-16-17-18-19-20-22-24-26-28-33-37-42-38-39-43(40-34-30-29-31-35-40)41(42)36-32-27-25-23-21-14-12-10-8-6-4-2/h29-31,34-35,38-39H,3-28,32-33,36-37H2,1-2H3/q+1. The molecule has 0 radical (unpaired) electrons. The van der Waals surface area contributed by atoms with Crippen molar-refractivity contribution in [1.82, 2.24) is 4.57 Å². The van der Waals surface area contributed by atoms with E-state index in [1.165, 1.54) is 204 Å². The molecular formula is C41H73N2+. The van der Waals surface area contributed by atoms with Crippen LogP contribution in [0.25, 0.3) is 5.69 Å². The Balaban J connectivity index is 1.55. The Kier molecular flexibility index (Phi) is 24.4. The van der Waals surface area contributed by atoms with Crippen LogP contribution >= 0.6 is 0 Å². The monoisotopic (exact) mass is 594 g/mol. The third-order valence-electron chi connectivity index (χ3n) is 9.55. The largest absolute Gasteiger partial charge is 0.261 e. The molecular weight excluding hydrogens is 520 g/mol. The van der Waals surface area contributed by atoms with Crippen molar-refractivity contribution in [3.05, 3.63) is 48.5 Å². The molecule has 0 aliphatic carbocycles. The van der Waals surface area contributed by atoms with Crippen molar-refractivity contribution in [3.8, 4) is 5.69 Å². The molecule has 2 aromatic rings. The first-order chi connectivity index (χ1) is 21.4. The summed E-state index contributed by atoms with van der Waals surface area (Å²) in [4.78, 5) is 0. The maximum Gasteiger partial charge on any atom is 0.261 e. The van der Waals surface area contributed by atoms with Crippen LogP contribution in [0, 0.1) is 0 Å². The van der Waals surface area contributed by atoms with E-state index in [0.29, 0.717) is 0 Å². The molecule has 2 heteroatoms. The lowest BCUT2D eigenvalue weighted by atomic mass is 10.0. The molecule has 246 valence electrons. The van der Waals surface area contributed by atoms with Crippen molar-refractivity contribution in [3.63, 3.8) is 0 Å². The highest BCUT2D eigenvalue weighted by Gasteiger charge is 2.18. The number of aromatic nitrogens is 2. The van der Waals surface area contributed by atoms with Crippen LogP contribution in [0.4, 0.5) is 0 Å². The van der Waals surface area contributed by atoms with E-state index in [1.54, 1.807) is 0 Å². The average Bonchev–Trinajstić information content (AvgIpc) is 3.44. The van der Waals surface area contributed by atoms with Gasteiger partial charge in [-0.1, -0.05) is 193 Å². The van der Waals surface area contributed by atoms with Crippen molar-refractivity contribution in [1.29, 1.82) is 0 Å². The van der Waals surface area contributed by atoms with Gasteiger partial charge < -0.3 is 0 Å². The second-order valence-corrected chi connectivity index (χ2v) is 13.6. The zero-order chi connectivity index (χ0) is 30.5. The number of hydrogen-bond donors (Lipinski definition) is 0.